The molecule has 22 heavy (non-hydrogen) atoms. The van der Waals surface area contributed by atoms with Crippen LogP contribution in [-0.4, -0.2) is 36.4 Å². The van der Waals surface area contributed by atoms with Crippen LogP contribution in [-0.2, 0) is 14.8 Å². The molecule has 0 amide bonds. The summed E-state index contributed by atoms with van der Waals surface area (Å²) in [5, 5.41) is 9.28. The van der Waals surface area contributed by atoms with E-state index >= 15 is 0 Å². The number of rotatable bonds is 3. The van der Waals surface area contributed by atoms with E-state index in [0.29, 0.717) is 12.8 Å². The second-order valence-electron chi connectivity index (χ2n) is 6.07. The summed E-state index contributed by atoms with van der Waals surface area (Å²) in [5.41, 5.74) is 4.43. The van der Waals surface area contributed by atoms with Gasteiger partial charge >= 0.3 is 5.97 Å². The van der Waals surface area contributed by atoms with E-state index in [1.165, 1.54) is 0 Å². The van der Waals surface area contributed by atoms with E-state index in [-0.39, 0.29) is 11.4 Å². The number of hydrogen-bond acceptors (Lipinski definition) is 3. The quantitative estimate of drug-likeness (QED) is 0.926. The minimum absolute atomic E-state index is 0.268. The molecule has 0 unspecified atom stereocenters. The fraction of sp³-hybridized carbons (Fsp3) is 0.562. The molecule has 5 nitrogen and oxygen atoms in total. The van der Waals surface area contributed by atoms with Crippen molar-refractivity contribution < 1.29 is 18.3 Å². The lowest BCUT2D eigenvalue weighted by Crippen LogP contribution is -2.41. The number of carboxylic acids is 1. The van der Waals surface area contributed by atoms with Gasteiger partial charge in [0.15, 0.2) is 0 Å². The Morgan fingerprint density at radius 1 is 1.00 bits per heavy atom. The monoisotopic (exact) mass is 325 g/mol. The maximum absolute atomic E-state index is 13.1. The molecule has 0 bridgehead atoms. The van der Waals surface area contributed by atoms with Crippen molar-refractivity contribution in [3.8, 4) is 0 Å². The van der Waals surface area contributed by atoms with Crippen LogP contribution >= 0.6 is 0 Å². The first-order chi connectivity index (χ1) is 10.1. The van der Waals surface area contributed by atoms with Crippen molar-refractivity contribution in [3.05, 3.63) is 27.8 Å². The lowest BCUT2D eigenvalue weighted by molar-refractivity contribution is -0.140. The predicted molar refractivity (Wildman–Crippen MR) is 84.7 cm³/mol. The molecule has 0 aliphatic carbocycles. The largest absolute Gasteiger partial charge is 0.480 e. The third-order valence-corrected chi connectivity index (χ3v) is 7.17. The van der Waals surface area contributed by atoms with Gasteiger partial charge in [0.25, 0.3) is 0 Å². The van der Waals surface area contributed by atoms with E-state index in [2.05, 4.69) is 0 Å². The first-order valence-corrected chi connectivity index (χ1v) is 8.86. The van der Waals surface area contributed by atoms with Crippen molar-refractivity contribution in [1.29, 1.82) is 0 Å². The van der Waals surface area contributed by atoms with Crippen molar-refractivity contribution >= 4 is 16.0 Å². The first kappa shape index (κ1) is 17.0. The number of benzene rings is 1. The third-order valence-electron chi connectivity index (χ3n) is 4.99. The zero-order chi connectivity index (χ0) is 16.8. The van der Waals surface area contributed by atoms with Gasteiger partial charge in [0.1, 0.15) is 6.04 Å². The molecule has 0 radical (unpaired) electrons. The van der Waals surface area contributed by atoms with Crippen LogP contribution in [0.2, 0.25) is 0 Å². The Labute approximate surface area is 132 Å². The summed E-state index contributed by atoms with van der Waals surface area (Å²) in [6.07, 6.45) is 0.953. The zero-order valence-corrected chi connectivity index (χ0v) is 14.5. The van der Waals surface area contributed by atoms with Gasteiger partial charge in [-0.3, -0.25) is 4.79 Å². The third kappa shape index (κ3) is 2.44. The Morgan fingerprint density at radius 2 is 1.45 bits per heavy atom. The Morgan fingerprint density at radius 3 is 1.91 bits per heavy atom. The molecule has 1 aliphatic heterocycles. The molecular weight excluding hydrogens is 302 g/mol. The number of carbonyl (C=O) groups is 1. The van der Waals surface area contributed by atoms with Crippen molar-refractivity contribution in [2.45, 2.75) is 58.4 Å². The van der Waals surface area contributed by atoms with Gasteiger partial charge in [-0.15, -0.1) is 0 Å². The summed E-state index contributed by atoms with van der Waals surface area (Å²) in [5.74, 6) is -1.07. The van der Waals surface area contributed by atoms with Gasteiger partial charge in [-0.2, -0.15) is 4.31 Å². The van der Waals surface area contributed by atoms with E-state index in [0.717, 1.165) is 32.1 Å². The van der Waals surface area contributed by atoms with Gasteiger partial charge in [-0.1, -0.05) is 0 Å². The fourth-order valence-electron chi connectivity index (χ4n) is 3.24. The standard InChI is InChI=1S/C16H23NO4S/c1-9-10(2)12(4)15(13(5)11(9)3)22(20,21)17-8-6-7-14(17)16(18)19/h14H,6-8H2,1-5H3,(H,18,19)/t14-/m0/s1. The number of carboxylic acid groups (broad SMARTS) is 1. The van der Waals surface area contributed by atoms with Crippen molar-refractivity contribution in [3.63, 3.8) is 0 Å². The van der Waals surface area contributed by atoms with E-state index in [9.17, 15) is 18.3 Å². The highest BCUT2D eigenvalue weighted by Gasteiger charge is 2.41. The van der Waals surface area contributed by atoms with Crippen LogP contribution < -0.4 is 0 Å². The average molecular weight is 325 g/mol. The minimum Gasteiger partial charge on any atom is -0.480 e. The lowest BCUT2D eigenvalue weighted by Gasteiger charge is -2.25. The van der Waals surface area contributed by atoms with Gasteiger partial charge in [0.05, 0.1) is 4.90 Å². The second kappa shape index (κ2) is 5.66. The van der Waals surface area contributed by atoms with E-state index < -0.39 is 22.0 Å². The highest BCUT2D eigenvalue weighted by Crippen LogP contribution is 2.34. The molecule has 1 fully saturated rings. The molecule has 1 aromatic rings. The lowest BCUT2D eigenvalue weighted by atomic mass is 9.95. The molecule has 1 heterocycles. The molecule has 1 saturated heterocycles. The molecule has 122 valence electrons. The van der Waals surface area contributed by atoms with Crippen LogP contribution in [0, 0.1) is 34.6 Å². The number of hydrogen-bond donors (Lipinski definition) is 1. The average Bonchev–Trinajstić information content (AvgIpc) is 2.93. The first-order valence-electron chi connectivity index (χ1n) is 7.42. The van der Waals surface area contributed by atoms with Crippen LogP contribution in [0.5, 0.6) is 0 Å². The number of nitrogens with zero attached hydrogens (tertiary/aromatic N) is 1. The maximum atomic E-state index is 13.1. The summed E-state index contributed by atoms with van der Waals surface area (Å²) in [6.45, 7) is 9.67. The second-order valence-corrected chi connectivity index (χ2v) is 7.89. The molecule has 1 N–H and O–H groups in total. The summed E-state index contributed by atoms with van der Waals surface area (Å²) in [6, 6.07) is -0.953. The smallest absolute Gasteiger partial charge is 0.322 e. The van der Waals surface area contributed by atoms with Gasteiger partial charge in [0, 0.05) is 6.54 Å². The summed E-state index contributed by atoms with van der Waals surface area (Å²) < 4.78 is 27.3. The Kier molecular flexibility index (Phi) is 4.37. The van der Waals surface area contributed by atoms with E-state index in [1.807, 2.05) is 20.8 Å². The highest BCUT2D eigenvalue weighted by molar-refractivity contribution is 7.89. The van der Waals surface area contributed by atoms with Crippen LogP contribution in [0.3, 0.4) is 0 Å². The molecule has 1 aliphatic rings. The summed E-state index contributed by atoms with van der Waals surface area (Å²) >= 11 is 0. The summed E-state index contributed by atoms with van der Waals surface area (Å²) in [4.78, 5) is 11.6. The van der Waals surface area contributed by atoms with Crippen molar-refractivity contribution in [2.75, 3.05) is 6.54 Å². The number of sulfonamides is 1. The molecular formula is C16H23NO4S. The molecule has 0 spiro atoms. The molecule has 1 aromatic carbocycles. The van der Waals surface area contributed by atoms with E-state index in [1.54, 1.807) is 13.8 Å². The van der Waals surface area contributed by atoms with Crippen molar-refractivity contribution in [2.24, 2.45) is 0 Å². The molecule has 2 rings (SSSR count). The van der Waals surface area contributed by atoms with Crippen LogP contribution in [0.25, 0.3) is 0 Å². The van der Waals surface area contributed by atoms with Gasteiger partial charge in [-0.25, -0.2) is 8.42 Å². The van der Waals surface area contributed by atoms with Gasteiger partial charge in [0.2, 0.25) is 10.0 Å². The summed E-state index contributed by atoms with van der Waals surface area (Å²) in [7, 11) is -3.80. The minimum atomic E-state index is -3.80. The SMILES string of the molecule is Cc1c(C)c(C)c(S(=O)(=O)N2CCC[C@H]2C(=O)O)c(C)c1C. The topological polar surface area (TPSA) is 74.7 Å². The highest BCUT2D eigenvalue weighted by atomic mass is 32.2. The predicted octanol–water partition coefficient (Wildman–Crippen LogP) is 2.47. The Bertz CT molecular complexity index is 708. The number of aliphatic carboxylic acids is 1. The Balaban J connectivity index is 2.68. The molecule has 1 atom stereocenters. The normalized spacial score (nSPS) is 19.6. The van der Waals surface area contributed by atoms with Crippen LogP contribution in [0.4, 0.5) is 0 Å². The van der Waals surface area contributed by atoms with E-state index in [4.69, 9.17) is 0 Å². The fourth-order valence-corrected chi connectivity index (χ4v) is 5.46. The van der Waals surface area contributed by atoms with Crippen LogP contribution in [0.15, 0.2) is 4.90 Å². The molecule has 0 saturated carbocycles. The van der Waals surface area contributed by atoms with Gasteiger partial charge < -0.3 is 5.11 Å². The zero-order valence-electron chi connectivity index (χ0n) is 13.7. The van der Waals surface area contributed by atoms with Crippen molar-refractivity contribution in [1.82, 2.24) is 4.31 Å². The Hall–Kier alpha value is -1.40. The molecule has 6 heteroatoms. The van der Waals surface area contributed by atoms with Gasteiger partial charge in [-0.05, 0) is 75.3 Å². The maximum Gasteiger partial charge on any atom is 0.322 e. The molecule has 0 aromatic heterocycles. The van der Waals surface area contributed by atoms with Crippen LogP contribution in [0.1, 0.15) is 40.7 Å².